The molecule has 0 saturated heterocycles. The van der Waals surface area contributed by atoms with Crippen LogP contribution in [-0.2, 0) is 9.53 Å². The van der Waals surface area contributed by atoms with Gasteiger partial charge in [-0.1, -0.05) is 25.2 Å². The number of ketones is 1. The average molecular weight is 208 g/mol. The second kappa shape index (κ2) is 5.14. The zero-order valence-corrected chi connectivity index (χ0v) is 8.40. The van der Waals surface area contributed by atoms with Crippen molar-refractivity contribution in [2.75, 3.05) is 0 Å². The fourth-order valence-corrected chi connectivity index (χ4v) is 1.24. The molecule has 0 bridgehead atoms. The maximum absolute atomic E-state index is 11.4. The molecule has 1 aliphatic rings. The molecule has 0 amide bonds. The molecule has 0 aromatic carbocycles. The van der Waals surface area contributed by atoms with Gasteiger partial charge in [0.1, 0.15) is 5.76 Å². The fraction of sp³-hybridized carbons (Fsp3) is 0.273. The Morgan fingerprint density at radius 1 is 1.40 bits per heavy atom. The molecule has 0 heterocycles. The monoisotopic (exact) mass is 208 g/mol. The lowest BCUT2D eigenvalue weighted by Gasteiger charge is -2.06. The molecule has 0 spiro atoms. The first kappa shape index (κ1) is 11.2. The highest BCUT2D eigenvalue weighted by atomic mass is 16.7. The van der Waals surface area contributed by atoms with Gasteiger partial charge >= 0.3 is 6.16 Å². The minimum absolute atomic E-state index is 0.00133. The third kappa shape index (κ3) is 3.42. The Hall–Kier alpha value is -1.84. The van der Waals surface area contributed by atoms with Gasteiger partial charge in [0.2, 0.25) is 0 Å². The number of Topliss-reactive ketones (excluding diaryl/α,β-unsaturated/α-hetero) is 1. The lowest BCUT2D eigenvalue weighted by Crippen LogP contribution is -2.05. The van der Waals surface area contributed by atoms with E-state index >= 15 is 0 Å². The molecule has 1 N–H and O–H groups in total. The summed E-state index contributed by atoms with van der Waals surface area (Å²) in [7, 11) is 0. The Labute approximate surface area is 87.5 Å². The van der Waals surface area contributed by atoms with Crippen LogP contribution in [0.5, 0.6) is 0 Å². The Morgan fingerprint density at radius 2 is 2.07 bits per heavy atom. The van der Waals surface area contributed by atoms with E-state index in [4.69, 9.17) is 5.11 Å². The summed E-state index contributed by atoms with van der Waals surface area (Å²) < 4.78 is 4.53. The van der Waals surface area contributed by atoms with Gasteiger partial charge in [-0.15, -0.1) is 0 Å². The lowest BCUT2D eigenvalue weighted by molar-refractivity contribution is -0.115. The van der Waals surface area contributed by atoms with Crippen LogP contribution in [-0.4, -0.2) is 17.0 Å². The van der Waals surface area contributed by atoms with E-state index in [1.165, 1.54) is 0 Å². The van der Waals surface area contributed by atoms with Gasteiger partial charge in [0.15, 0.2) is 5.78 Å². The highest BCUT2D eigenvalue weighted by Gasteiger charge is 2.13. The van der Waals surface area contributed by atoms with Gasteiger partial charge < -0.3 is 9.84 Å². The van der Waals surface area contributed by atoms with E-state index < -0.39 is 6.16 Å². The van der Waals surface area contributed by atoms with Gasteiger partial charge in [0.25, 0.3) is 0 Å². The molecule has 0 saturated carbocycles. The molecule has 4 nitrogen and oxygen atoms in total. The van der Waals surface area contributed by atoms with Crippen LogP contribution in [0.2, 0.25) is 0 Å². The molecular weight excluding hydrogens is 196 g/mol. The molecule has 1 rings (SSSR count). The van der Waals surface area contributed by atoms with Crippen molar-refractivity contribution in [3.63, 3.8) is 0 Å². The van der Waals surface area contributed by atoms with Crippen LogP contribution in [0.1, 0.15) is 19.8 Å². The quantitative estimate of drug-likeness (QED) is 0.723. The van der Waals surface area contributed by atoms with Crippen molar-refractivity contribution in [2.45, 2.75) is 19.8 Å². The third-order valence-corrected chi connectivity index (χ3v) is 1.95. The summed E-state index contributed by atoms with van der Waals surface area (Å²) in [6, 6.07) is 0. The molecule has 0 unspecified atom stereocenters. The minimum Gasteiger partial charge on any atom is -0.449 e. The SMILES string of the molecule is CCC(=O)C1=CC=CC=C(OC(=O)O)C1. The molecule has 80 valence electrons. The van der Waals surface area contributed by atoms with Crippen molar-refractivity contribution < 1.29 is 19.4 Å². The smallest absolute Gasteiger partial charge is 0.449 e. The van der Waals surface area contributed by atoms with Crippen LogP contribution in [0.25, 0.3) is 0 Å². The van der Waals surface area contributed by atoms with E-state index in [0.29, 0.717) is 12.0 Å². The topological polar surface area (TPSA) is 63.6 Å². The van der Waals surface area contributed by atoms with E-state index in [9.17, 15) is 9.59 Å². The summed E-state index contributed by atoms with van der Waals surface area (Å²) >= 11 is 0. The number of allylic oxidation sites excluding steroid dienone is 5. The number of carboxylic acid groups (broad SMARTS) is 1. The molecule has 1 aliphatic carbocycles. The summed E-state index contributed by atoms with van der Waals surface area (Å²) in [5, 5.41) is 8.45. The Kier molecular flexibility index (Phi) is 3.85. The summed E-state index contributed by atoms with van der Waals surface area (Å²) in [6.45, 7) is 1.76. The second-order valence-electron chi connectivity index (χ2n) is 3.03. The van der Waals surface area contributed by atoms with Crippen molar-refractivity contribution in [3.8, 4) is 0 Å². The summed E-state index contributed by atoms with van der Waals surface area (Å²) in [5.41, 5.74) is 0.568. The highest BCUT2D eigenvalue weighted by molar-refractivity contribution is 5.95. The number of rotatable bonds is 3. The van der Waals surface area contributed by atoms with Crippen LogP contribution in [0.3, 0.4) is 0 Å². The molecule has 0 aromatic rings. The van der Waals surface area contributed by atoms with Crippen molar-refractivity contribution >= 4 is 11.9 Å². The van der Waals surface area contributed by atoms with E-state index in [1.54, 1.807) is 31.2 Å². The van der Waals surface area contributed by atoms with Gasteiger partial charge in [-0.25, -0.2) is 4.79 Å². The Bertz CT molecular complexity index is 361. The minimum atomic E-state index is -1.36. The van der Waals surface area contributed by atoms with Gasteiger partial charge in [-0.3, -0.25) is 4.79 Å². The van der Waals surface area contributed by atoms with E-state index in [2.05, 4.69) is 4.74 Å². The van der Waals surface area contributed by atoms with Crippen molar-refractivity contribution in [2.24, 2.45) is 0 Å². The molecule has 4 heteroatoms. The van der Waals surface area contributed by atoms with Crippen LogP contribution in [0.15, 0.2) is 35.6 Å². The first-order valence-corrected chi connectivity index (χ1v) is 4.64. The van der Waals surface area contributed by atoms with Gasteiger partial charge in [0.05, 0.1) is 0 Å². The van der Waals surface area contributed by atoms with E-state index in [-0.39, 0.29) is 18.0 Å². The summed E-state index contributed by atoms with van der Waals surface area (Å²) in [6.07, 6.45) is 5.84. The van der Waals surface area contributed by atoms with Crippen molar-refractivity contribution in [3.05, 3.63) is 35.6 Å². The second-order valence-corrected chi connectivity index (χ2v) is 3.03. The average Bonchev–Trinajstić information content (AvgIpc) is 2.41. The zero-order chi connectivity index (χ0) is 11.3. The zero-order valence-electron chi connectivity index (χ0n) is 8.40. The number of carbonyl (C=O) groups excluding carboxylic acids is 1. The van der Waals surface area contributed by atoms with Gasteiger partial charge in [-0.05, 0) is 6.08 Å². The highest BCUT2D eigenvalue weighted by Crippen LogP contribution is 2.17. The first-order chi connectivity index (χ1) is 7.13. The van der Waals surface area contributed by atoms with Gasteiger partial charge in [0, 0.05) is 18.4 Å². The Morgan fingerprint density at radius 3 is 2.67 bits per heavy atom. The van der Waals surface area contributed by atoms with Crippen molar-refractivity contribution in [1.82, 2.24) is 0 Å². The predicted molar refractivity (Wildman–Crippen MR) is 54.3 cm³/mol. The number of ether oxygens (including phenoxy) is 1. The molecule has 0 radical (unpaired) electrons. The Balaban J connectivity index is 2.77. The maximum Gasteiger partial charge on any atom is 0.511 e. The molecule has 0 aliphatic heterocycles. The molecule has 15 heavy (non-hydrogen) atoms. The van der Waals surface area contributed by atoms with E-state index in [0.717, 1.165) is 0 Å². The van der Waals surface area contributed by atoms with Crippen LogP contribution < -0.4 is 0 Å². The van der Waals surface area contributed by atoms with Crippen LogP contribution in [0.4, 0.5) is 4.79 Å². The van der Waals surface area contributed by atoms with E-state index in [1.807, 2.05) is 0 Å². The molecular formula is C11H12O4. The number of carbonyl (C=O) groups is 2. The standard InChI is InChI=1S/C11H12O4/c1-2-10(12)8-5-3-4-6-9(7-8)15-11(13)14/h3-6H,2,7H2,1H3,(H,13,14). The molecule has 0 atom stereocenters. The largest absolute Gasteiger partial charge is 0.511 e. The molecule has 0 aromatic heterocycles. The summed E-state index contributed by atoms with van der Waals surface area (Å²) in [4.78, 5) is 21.8. The lowest BCUT2D eigenvalue weighted by atomic mass is 10.1. The van der Waals surface area contributed by atoms with Crippen molar-refractivity contribution in [1.29, 1.82) is 0 Å². The first-order valence-electron chi connectivity index (χ1n) is 4.64. The number of hydrogen-bond donors (Lipinski definition) is 1. The fourth-order valence-electron chi connectivity index (χ4n) is 1.24. The summed E-state index contributed by atoms with van der Waals surface area (Å²) in [5.74, 6) is 0.269. The predicted octanol–water partition coefficient (Wildman–Crippen LogP) is 2.43. The van der Waals surface area contributed by atoms with Gasteiger partial charge in [-0.2, -0.15) is 0 Å². The molecule has 0 fully saturated rings. The maximum atomic E-state index is 11.4. The third-order valence-electron chi connectivity index (χ3n) is 1.95. The van der Waals surface area contributed by atoms with Crippen LogP contribution >= 0.6 is 0 Å². The van der Waals surface area contributed by atoms with Crippen LogP contribution in [0, 0.1) is 0 Å². The normalized spacial score (nSPS) is 15.0. The number of hydrogen-bond acceptors (Lipinski definition) is 3.